The Hall–Kier alpha value is -0.920. The molecule has 0 amide bonds. The standard InChI is InChI=1S/C12H16BrNO4S/c1-4-7(2)18-12(15)10-5-9(19(14,16)17)6-11(13)8(10)3/h5-7H,4H2,1-3H3,(H2,14,16,17). The highest BCUT2D eigenvalue weighted by Gasteiger charge is 2.19. The Morgan fingerprint density at radius 2 is 2.05 bits per heavy atom. The SMILES string of the molecule is CCC(C)OC(=O)c1cc(S(N)(=O)=O)cc(Br)c1C. The largest absolute Gasteiger partial charge is 0.459 e. The number of halogens is 1. The maximum atomic E-state index is 12.0. The average Bonchev–Trinajstić information content (AvgIpc) is 2.30. The van der Waals surface area contributed by atoms with Gasteiger partial charge in [-0.2, -0.15) is 0 Å². The summed E-state index contributed by atoms with van der Waals surface area (Å²) in [5.74, 6) is -0.557. The number of sulfonamides is 1. The molecule has 0 heterocycles. The highest BCUT2D eigenvalue weighted by molar-refractivity contribution is 9.10. The third kappa shape index (κ3) is 4.02. The van der Waals surface area contributed by atoms with Gasteiger partial charge in [-0.3, -0.25) is 0 Å². The second-order valence-corrected chi connectivity index (χ2v) is 6.66. The Kier molecular flexibility index (Phi) is 5.11. The minimum absolute atomic E-state index is 0.124. The van der Waals surface area contributed by atoms with Crippen LogP contribution in [0.15, 0.2) is 21.5 Å². The first-order chi connectivity index (χ1) is 8.66. The fourth-order valence-corrected chi connectivity index (χ4v) is 2.54. The van der Waals surface area contributed by atoms with Crippen LogP contribution in [0.1, 0.15) is 36.2 Å². The van der Waals surface area contributed by atoms with Crippen LogP contribution in [-0.2, 0) is 14.8 Å². The first-order valence-electron chi connectivity index (χ1n) is 5.70. The van der Waals surface area contributed by atoms with E-state index in [4.69, 9.17) is 9.88 Å². The highest BCUT2D eigenvalue weighted by atomic mass is 79.9. The van der Waals surface area contributed by atoms with Gasteiger partial charge >= 0.3 is 5.97 Å². The number of ether oxygens (including phenoxy) is 1. The fraction of sp³-hybridized carbons (Fsp3) is 0.417. The zero-order chi connectivity index (χ0) is 14.8. The second kappa shape index (κ2) is 6.02. The maximum Gasteiger partial charge on any atom is 0.338 e. The van der Waals surface area contributed by atoms with Crippen molar-refractivity contribution in [2.45, 2.75) is 38.2 Å². The number of carbonyl (C=O) groups is 1. The summed E-state index contributed by atoms with van der Waals surface area (Å²) >= 11 is 3.21. The van der Waals surface area contributed by atoms with Crippen molar-refractivity contribution in [1.29, 1.82) is 0 Å². The lowest BCUT2D eigenvalue weighted by Crippen LogP contribution is -2.17. The lowest BCUT2D eigenvalue weighted by atomic mass is 10.1. The number of primary sulfonamides is 1. The van der Waals surface area contributed by atoms with Crippen molar-refractivity contribution in [3.8, 4) is 0 Å². The lowest BCUT2D eigenvalue weighted by molar-refractivity contribution is 0.0333. The smallest absolute Gasteiger partial charge is 0.338 e. The Morgan fingerprint density at radius 1 is 1.47 bits per heavy atom. The molecule has 19 heavy (non-hydrogen) atoms. The van der Waals surface area contributed by atoms with E-state index in [9.17, 15) is 13.2 Å². The molecule has 1 aromatic carbocycles. The average molecular weight is 350 g/mol. The van der Waals surface area contributed by atoms with Crippen LogP contribution in [0.3, 0.4) is 0 Å². The molecule has 0 aliphatic heterocycles. The summed E-state index contributed by atoms with van der Waals surface area (Å²) < 4.78 is 28.4. The fourth-order valence-electron chi connectivity index (χ4n) is 1.36. The summed E-state index contributed by atoms with van der Waals surface area (Å²) in [5.41, 5.74) is 0.805. The molecule has 1 unspecified atom stereocenters. The normalized spacial score (nSPS) is 13.1. The number of nitrogens with two attached hydrogens (primary N) is 1. The molecule has 5 nitrogen and oxygen atoms in total. The molecule has 2 N–H and O–H groups in total. The molecule has 1 rings (SSSR count). The summed E-state index contributed by atoms with van der Waals surface area (Å²) in [6.45, 7) is 5.36. The molecule has 1 aromatic rings. The van der Waals surface area contributed by atoms with E-state index in [-0.39, 0.29) is 16.6 Å². The molecule has 0 radical (unpaired) electrons. The van der Waals surface area contributed by atoms with Crippen LogP contribution in [0, 0.1) is 6.92 Å². The van der Waals surface area contributed by atoms with Gasteiger partial charge in [0.2, 0.25) is 10.0 Å². The molecular weight excluding hydrogens is 334 g/mol. The molecular formula is C12H16BrNO4S. The van der Waals surface area contributed by atoms with Gasteiger partial charge in [-0.25, -0.2) is 18.4 Å². The van der Waals surface area contributed by atoms with E-state index in [0.29, 0.717) is 16.5 Å². The minimum Gasteiger partial charge on any atom is -0.459 e. The summed E-state index contributed by atoms with van der Waals surface area (Å²) in [6, 6.07) is 2.60. The molecule has 1 atom stereocenters. The molecule has 0 spiro atoms. The molecule has 0 aliphatic rings. The predicted octanol–water partition coefficient (Wildman–Crippen LogP) is 2.36. The molecule has 0 aliphatic carbocycles. The van der Waals surface area contributed by atoms with Crippen LogP contribution < -0.4 is 5.14 Å². The van der Waals surface area contributed by atoms with Gasteiger partial charge in [-0.15, -0.1) is 0 Å². The summed E-state index contributed by atoms with van der Waals surface area (Å²) in [6.07, 6.45) is 0.449. The van der Waals surface area contributed by atoms with Crippen molar-refractivity contribution in [2.24, 2.45) is 5.14 Å². The van der Waals surface area contributed by atoms with Gasteiger partial charge in [-0.1, -0.05) is 22.9 Å². The van der Waals surface area contributed by atoms with Gasteiger partial charge in [0.25, 0.3) is 0 Å². The van der Waals surface area contributed by atoms with Gasteiger partial charge in [0.05, 0.1) is 16.6 Å². The number of hydrogen-bond acceptors (Lipinski definition) is 4. The number of carbonyl (C=O) groups excluding carboxylic acids is 1. The van der Waals surface area contributed by atoms with E-state index in [2.05, 4.69) is 15.9 Å². The minimum atomic E-state index is -3.87. The van der Waals surface area contributed by atoms with Crippen molar-refractivity contribution in [1.82, 2.24) is 0 Å². The van der Waals surface area contributed by atoms with Gasteiger partial charge in [0, 0.05) is 4.47 Å². The van der Waals surface area contributed by atoms with Crippen molar-refractivity contribution in [2.75, 3.05) is 0 Å². The molecule has 106 valence electrons. The number of benzene rings is 1. The van der Waals surface area contributed by atoms with E-state index in [1.54, 1.807) is 13.8 Å². The topological polar surface area (TPSA) is 86.5 Å². The first kappa shape index (κ1) is 16.1. The van der Waals surface area contributed by atoms with Crippen LogP contribution in [0.25, 0.3) is 0 Å². The van der Waals surface area contributed by atoms with Crippen LogP contribution >= 0.6 is 15.9 Å². The number of rotatable bonds is 4. The van der Waals surface area contributed by atoms with E-state index in [1.807, 2.05) is 6.92 Å². The Labute approximate surface area is 121 Å². The van der Waals surface area contributed by atoms with Crippen LogP contribution in [0.5, 0.6) is 0 Å². The third-order valence-electron chi connectivity index (χ3n) is 2.75. The molecule has 7 heteroatoms. The maximum absolute atomic E-state index is 12.0. The Balaban J connectivity index is 3.27. The zero-order valence-electron chi connectivity index (χ0n) is 10.9. The van der Waals surface area contributed by atoms with E-state index >= 15 is 0 Å². The summed E-state index contributed by atoms with van der Waals surface area (Å²) in [4.78, 5) is 11.9. The lowest BCUT2D eigenvalue weighted by Gasteiger charge is -2.14. The quantitative estimate of drug-likeness (QED) is 0.845. The zero-order valence-corrected chi connectivity index (χ0v) is 13.3. The number of hydrogen-bond donors (Lipinski definition) is 1. The predicted molar refractivity (Wildman–Crippen MR) is 75.4 cm³/mol. The van der Waals surface area contributed by atoms with Crippen molar-refractivity contribution in [3.05, 3.63) is 27.7 Å². The van der Waals surface area contributed by atoms with E-state index < -0.39 is 16.0 Å². The Bertz CT molecular complexity index is 598. The van der Waals surface area contributed by atoms with Gasteiger partial charge in [-0.05, 0) is 38.0 Å². The summed E-state index contributed by atoms with van der Waals surface area (Å²) in [7, 11) is -3.87. The van der Waals surface area contributed by atoms with E-state index in [1.165, 1.54) is 12.1 Å². The monoisotopic (exact) mass is 349 g/mol. The van der Waals surface area contributed by atoms with Gasteiger partial charge in [0.1, 0.15) is 0 Å². The van der Waals surface area contributed by atoms with Crippen molar-refractivity contribution < 1.29 is 17.9 Å². The van der Waals surface area contributed by atoms with Crippen LogP contribution in [0.2, 0.25) is 0 Å². The highest BCUT2D eigenvalue weighted by Crippen LogP contribution is 2.25. The molecule has 0 fully saturated rings. The van der Waals surface area contributed by atoms with Gasteiger partial charge in [0.15, 0.2) is 0 Å². The third-order valence-corrected chi connectivity index (χ3v) is 4.47. The Morgan fingerprint density at radius 3 is 2.53 bits per heavy atom. The van der Waals surface area contributed by atoms with Crippen molar-refractivity contribution in [3.63, 3.8) is 0 Å². The van der Waals surface area contributed by atoms with Crippen LogP contribution in [0.4, 0.5) is 0 Å². The first-order valence-corrected chi connectivity index (χ1v) is 8.04. The molecule has 0 saturated heterocycles. The molecule has 0 bridgehead atoms. The van der Waals surface area contributed by atoms with Gasteiger partial charge < -0.3 is 4.74 Å². The molecule has 0 saturated carbocycles. The number of esters is 1. The van der Waals surface area contributed by atoms with Crippen molar-refractivity contribution >= 4 is 31.9 Å². The molecule has 0 aromatic heterocycles. The summed E-state index contributed by atoms with van der Waals surface area (Å²) in [5, 5.41) is 5.07. The van der Waals surface area contributed by atoms with E-state index in [0.717, 1.165) is 0 Å². The second-order valence-electron chi connectivity index (χ2n) is 4.25. The van der Waals surface area contributed by atoms with Crippen LogP contribution in [-0.4, -0.2) is 20.5 Å².